The maximum absolute atomic E-state index is 12.6. The summed E-state index contributed by atoms with van der Waals surface area (Å²) in [6, 6.07) is 18.9. The van der Waals surface area contributed by atoms with E-state index in [1.807, 2.05) is 61.5 Å². The molecule has 6 nitrogen and oxygen atoms in total. The lowest BCUT2D eigenvalue weighted by Gasteiger charge is -2.17. The highest BCUT2D eigenvalue weighted by molar-refractivity contribution is 8.00. The third-order valence-electron chi connectivity index (χ3n) is 4.46. The second-order valence-electron chi connectivity index (χ2n) is 6.80. The van der Waals surface area contributed by atoms with E-state index in [9.17, 15) is 9.59 Å². The zero-order chi connectivity index (χ0) is 20.8. The van der Waals surface area contributed by atoms with Gasteiger partial charge >= 0.3 is 0 Å². The van der Waals surface area contributed by atoms with E-state index >= 15 is 0 Å². The van der Waals surface area contributed by atoms with Crippen LogP contribution < -0.4 is 16.6 Å². The van der Waals surface area contributed by atoms with Crippen molar-refractivity contribution in [3.05, 3.63) is 82.1 Å². The van der Waals surface area contributed by atoms with Crippen molar-refractivity contribution in [1.29, 1.82) is 0 Å². The largest absolute Gasteiger partial charge is 0.385 e. The van der Waals surface area contributed by atoms with E-state index in [1.54, 1.807) is 11.5 Å². The molecule has 3 rings (SSSR count). The first-order chi connectivity index (χ1) is 13.9. The summed E-state index contributed by atoms with van der Waals surface area (Å²) < 4.78 is 1.79. The van der Waals surface area contributed by atoms with Crippen molar-refractivity contribution >= 4 is 29.2 Å². The third kappa shape index (κ3) is 5.71. The first-order valence-electron chi connectivity index (χ1n) is 9.38. The van der Waals surface area contributed by atoms with E-state index in [-0.39, 0.29) is 5.91 Å². The topological polar surface area (TPSA) is 90.0 Å². The quantitative estimate of drug-likeness (QED) is 0.461. The Bertz CT molecular complexity index is 1030. The second kappa shape index (κ2) is 9.43. The minimum Gasteiger partial charge on any atom is -0.385 e. The minimum absolute atomic E-state index is 0.162. The summed E-state index contributed by atoms with van der Waals surface area (Å²) in [5.74, 6) is 0.180. The average Bonchev–Trinajstić information content (AvgIpc) is 2.69. The Balaban J connectivity index is 1.73. The molecule has 7 heteroatoms. The van der Waals surface area contributed by atoms with Crippen LogP contribution in [0.2, 0.25) is 0 Å². The number of thioether (sulfide) groups is 1. The predicted octanol–water partition coefficient (Wildman–Crippen LogP) is 3.50. The fraction of sp³-hybridized carbons (Fsp3) is 0.227. The van der Waals surface area contributed by atoms with Crippen molar-refractivity contribution in [3.8, 4) is 0 Å². The van der Waals surface area contributed by atoms with Crippen LogP contribution in [0.25, 0.3) is 0 Å². The molecular formula is C22H24N4O2S. The van der Waals surface area contributed by atoms with E-state index in [0.29, 0.717) is 17.5 Å². The van der Waals surface area contributed by atoms with Crippen LogP contribution in [-0.2, 0) is 17.8 Å². The van der Waals surface area contributed by atoms with Crippen LogP contribution in [0.4, 0.5) is 11.5 Å². The SMILES string of the molecule is Cc1ccc(NC(=O)[C@H](C)Sc2nc(=O)cc(N)n2CCc2ccccc2)cc1. The van der Waals surface area contributed by atoms with Crippen molar-refractivity contribution in [3.63, 3.8) is 0 Å². The number of aryl methyl sites for hydroxylation is 2. The molecule has 1 atom stereocenters. The monoisotopic (exact) mass is 408 g/mol. The Kier molecular flexibility index (Phi) is 6.72. The molecule has 0 aliphatic heterocycles. The van der Waals surface area contributed by atoms with Gasteiger partial charge in [-0.15, -0.1) is 0 Å². The predicted molar refractivity (Wildman–Crippen MR) is 118 cm³/mol. The maximum atomic E-state index is 12.6. The Labute approximate surface area is 174 Å². The first-order valence-corrected chi connectivity index (χ1v) is 10.3. The molecule has 0 radical (unpaired) electrons. The molecule has 0 fully saturated rings. The number of nitrogens with two attached hydrogens (primary N) is 1. The molecule has 0 aliphatic rings. The van der Waals surface area contributed by atoms with Crippen LogP contribution in [0.5, 0.6) is 0 Å². The number of nitrogens with one attached hydrogen (secondary N) is 1. The summed E-state index contributed by atoms with van der Waals surface area (Å²) in [4.78, 5) is 28.6. The van der Waals surface area contributed by atoms with Gasteiger partial charge < -0.3 is 15.6 Å². The molecule has 1 amide bonds. The third-order valence-corrected chi connectivity index (χ3v) is 5.55. The summed E-state index contributed by atoms with van der Waals surface area (Å²) in [6.45, 7) is 4.34. The maximum Gasteiger partial charge on any atom is 0.275 e. The van der Waals surface area contributed by atoms with Crippen molar-refractivity contribution in [1.82, 2.24) is 9.55 Å². The molecule has 0 bridgehead atoms. The Morgan fingerprint density at radius 2 is 1.86 bits per heavy atom. The van der Waals surface area contributed by atoms with Gasteiger partial charge in [-0.1, -0.05) is 59.8 Å². The second-order valence-corrected chi connectivity index (χ2v) is 8.11. The van der Waals surface area contributed by atoms with E-state index in [1.165, 1.54) is 17.8 Å². The first kappa shape index (κ1) is 20.7. The molecule has 3 aromatic rings. The van der Waals surface area contributed by atoms with Crippen molar-refractivity contribution in [2.24, 2.45) is 0 Å². The van der Waals surface area contributed by atoms with Crippen LogP contribution in [0.1, 0.15) is 18.1 Å². The van der Waals surface area contributed by atoms with E-state index < -0.39 is 10.8 Å². The van der Waals surface area contributed by atoms with Gasteiger partial charge in [-0.25, -0.2) is 0 Å². The lowest BCUT2D eigenvalue weighted by atomic mass is 10.1. The lowest BCUT2D eigenvalue weighted by molar-refractivity contribution is -0.115. The highest BCUT2D eigenvalue weighted by atomic mass is 32.2. The molecular weight excluding hydrogens is 384 g/mol. The molecule has 1 aromatic heterocycles. The zero-order valence-electron chi connectivity index (χ0n) is 16.5. The van der Waals surface area contributed by atoms with Crippen molar-refractivity contribution in [2.75, 3.05) is 11.1 Å². The summed E-state index contributed by atoms with van der Waals surface area (Å²) in [6.07, 6.45) is 0.743. The Morgan fingerprint density at radius 3 is 2.55 bits per heavy atom. The smallest absolute Gasteiger partial charge is 0.275 e. The summed E-state index contributed by atoms with van der Waals surface area (Å²) >= 11 is 1.22. The number of nitrogens with zero attached hydrogens (tertiary/aromatic N) is 2. The number of anilines is 2. The number of amides is 1. The lowest BCUT2D eigenvalue weighted by Crippen LogP contribution is -2.25. The van der Waals surface area contributed by atoms with Crippen LogP contribution in [0.15, 0.2) is 70.6 Å². The number of aromatic nitrogens is 2. The zero-order valence-corrected chi connectivity index (χ0v) is 17.3. The van der Waals surface area contributed by atoms with Crippen LogP contribution >= 0.6 is 11.8 Å². The Hall–Kier alpha value is -3.06. The molecule has 0 saturated carbocycles. The van der Waals surface area contributed by atoms with Crippen molar-refractivity contribution < 1.29 is 4.79 Å². The molecule has 0 unspecified atom stereocenters. The van der Waals surface area contributed by atoms with Gasteiger partial charge in [-0.05, 0) is 38.0 Å². The highest BCUT2D eigenvalue weighted by Gasteiger charge is 2.19. The standard InChI is InChI=1S/C22H24N4O2S/c1-15-8-10-18(11-9-15)24-21(28)16(2)29-22-25-20(27)14-19(23)26(22)13-12-17-6-4-3-5-7-17/h3-11,14,16H,12-13,23H2,1-2H3,(H,24,28)/t16-/m0/s1. The van der Waals surface area contributed by atoms with Crippen molar-refractivity contribution in [2.45, 2.75) is 37.2 Å². The molecule has 0 spiro atoms. The normalized spacial score (nSPS) is 11.8. The van der Waals surface area contributed by atoms with Gasteiger partial charge in [-0.2, -0.15) is 4.98 Å². The van der Waals surface area contributed by atoms with E-state index in [2.05, 4.69) is 10.3 Å². The number of carbonyl (C=O) groups excluding carboxylic acids is 1. The molecule has 1 heterocycles. The molecule has 3 N–H and O–H groups in total. The van der Waals surface area contributed by atoms with Gasteiger partial charge in [0.2, 0.25) is 5.91 Å². The van der Waals surface area contributed by atoms with Gasteiger partial charge in [0.05, 0.1) is 5.25 Å². The molecule has 2 aromatic carbocycles. The van der Waals surface area contributed by atoms with Crippen LogP contribution in [0, 0.1) is 6.92 Å². The van der Waals surface area contributed by atoms with Gasteiger partial charge in [-0.3, -0.25) is 9.59 Å². The fourth-order valence-electron chi connectivity index (χ4n) is 2.79. The summed E-state index contributed by atoms with van der Waals surface area (Å²) in [7, 11) is 0. The van der Waals surface area contributed by atoms with Crippen LogP contribution in [0.3, 0.4) is 0 Å². The van der Waals surface area contributed by atoms with Crippen LogP contribution in [-0.4, -0.2) is 20.7 Å². The number of rotatable bonds is 7. The highest BCUT2D eigenvalue weighted by Crippen LogP contribution is 2.24. The van der Waals surface area contributed by atoms with Gasteiger partial charge in [0.15, 0.2) is 5.16 Å². The minimum atomic E-state index is -0.451. The fourth-order valence-corrected chi connectivity index (χ4v) is 3.74. The Morgan fingerprint density at radius 1 is 1.17 bits per heavy atom. The van der Waals surface area contributed by atoms with E-state index in [4.69, 9.17) is 5.73 Å². The summed E-state index contributed by atoms with van der Waals surface area (Å²) in [5, 5.41) is 2.88. The number of nitrogen functional groups attached to an aromatic ring is 1. The molecule has 0 aliphatic carbocycles. The number of carbonyl (C=O) groups is 1. The number of hydrogen-bond acceptors (Lipinski definition) is 5. The van der Waals surface area contributed by atoms with Gasteiger partial charge in [0, 0.05) is 18.3 Å². The summed E-state index contributed by atoms with van der Waals surface area (Å²) in [5.41, 5.74) is 8.69. The molecule has 0 saturated heterocycles. The average molecular weight is 409 g/mol. The molecule has 29 heavy (non-hydrogen) atoms. The molecule has 150 valence electrons. The number of hydrogen-bond donors (Lipinski definition) is 2. The van der Waals surface area contributed by atoms with E-state index in [0.717, 1.165) is 23.2 Å². The van der Waals surface area contributed by atoms with Gasteiger partial charge in [0.1, 0.15) is 5.82 Å². The van der Waals surface area contributed by atoms with Gasteiger partial charge in [0.25, 0.3) is 5.56 Å². The number of benzene rings is 2.